The third-order valence-corrected chi connectivity index (χ3v) is 3.66. The van der Waals surface area contributed by atoms with E-state index in [4.69, 9.17) is 10.5 Å². The SMILES string of the molecule is CCCc1c(F)c(C(N)=O)cc([N+](=O)[O-])c1Oc1ccccc1C(F)(F)F. The second-order valence-corrected chi connectivity index (χ2v) is 5.53. The average Bonchev–Trinajstić information content (AvgIpc) is 2.57. The predicted molar refractivity (Wildman–Crippen MR) is 87.1 cm³/mol. The van der Waals surface area contributed by atoms with Crippen LogP contribution in [0.4, 0.5) is 23.2 Å². The number of nitrogens with two attached hydrogens (primary N) is 1. The summed E-state index contributed by atoms with van der Waals surface area (Å²) >= 11 is 0. The third-order valence-electron chi connectivity index (χ3n) is 3.66. The van der Waals surface area contributed by atoms with Gasteiger partial charge in [-0.25, -0.2) is 4.39 Å². The van der Waals surface area contributed by atoms with Crippen molar-refractivity contribution in [2.45, 2.75) is 25.9 Å². The van der Waals surface area contributed by atoms with Crippen LogP contribution in [0.2, 0.25) is 0 Å². The Morgan fingerprint density at radius 2 is 1.93 bits per heavy atom. The second-order valence-electron chi connectivity index (χ2n) is 5.53. The zero-order chi connectivity index (χ0) is 20.4. The molecule has 0 heterocycles. The maximum absolute atomic E-state index is 14.6. The number of alkyl halides is 3. The molecule has 27 heavy (non-hydrogen) atoms. The number of nitrogens with zero attached hydrogens (tertiary/aromatic N) is 1. The average molecular weight is 386 g/mol. The summed E-state index contributed by atoms with van der Waals surface area (Å²) in [6.07, 6.45) is -4.62. The van der Waals surface area contributed by atoms with Gasteiger partial charge in [0.25, 0.3) is 5.91 Å². The molecular weight excluding hydrogens is 372 g/mol. The molecule has 0 spiro atoms. The van der Waals surface area contributed by atoms with Crippen molar-refractivity contribution < 1.29 is 32.0 Å². The number of ether oxygens (including phenoxy) is 1. The quantitative estimate of drug-likeness (QED) is 0.446. The molecule has 1 amide bonds. The third kappa shape index (κ3) is 4.15. The largest absolute Gasteiger partial charge is 0.449 e. The van der Waals surface area contributed by atoms with Gasteiger partial charge in [0.1, 0.15) is 11.6 Å². The fourth-order valence-electron chi connectivity index (χ4n) is 2.48. The minimum Gasteiger partial charge on any atom is -0.449 e. The van der Waals surface area contributed by atoms with Crippen molar-refractivity contribution in [2.75, 3.05) is 0 Å². The molecule has 0 saturated heterocycles. The molecule has 6 nitrogen and oxygen atoms in total. The van der Waals surface area contributed by atoms with E-state index in [9.17, 15) is 32.5 Å². The number of carbonyl (C=O) groups is 1. The van der Waals surface area contributed by atoms with Gasteiger partial charge in [0, 0.05) is 11.6 Å². The number of halogens is 4. The Kier molecular flexibility index (Phi) is 5.67. The van der Waals surface area contributed by atoms with Crippen LogP contribution in [0.25, 0.3) is 0 Å². The lowest BCUT2D eigenvalue weighted by Crippen LogP contribution is -2.16. The zero-order valence-electron chi connectivity index (χ0n) is 14.0. The molecule has 0 aliphatic rings. The predicted octanol–water partition coefficient (Wildman–Crippen LogP) is 4.60. The van der Waals surface area contributed by atoms with Crippen LogP contribution in [-0.2, 0) is 12.6 Å². The van der Waals surface area contributed by atoms with Crippen LogP contribution in [0.3, 0.4) is 0 Å². The number of rotatable bonds is 6. The number of nitro benzene ring substituents is 1. The Morgan fingerprint density at radius 1 is 1.30 bits per heavy atom. The maximum atomic E-state index is 14.6. The van der Waals surface area contributed by atoms with Gasteiger partial charge < -0.3 is 10.5 Å². The molecule has 0 aliphatic carbocycles. The summed E-state index contributed by atoms with van der Waals surface area (Å²) in [5, 5.41) is 11.4. The fourth-order valence-corrected chi connectivity index (χ4v) is 2.48. The summed E-state index contributed by atoms with van der Waals surface area (Å²) in [5.74, 6) is -3.82. The molecule has 2 aromatic carbocycles. The van der Waals surface area contributed by atoms with Gasteiger partial charge in [-0.1, -0.05) is 25.5 Å². The van der Waals surface area contributed by atoms with Gasteiger partial charge in [0.15, 0.2) is 0 Å². The number of nitro groups is 1. The highest BCUT2D eigenvalue weighted by atomic mass is 19.4. The van der Waals surface area contributed by atoms with Crippen molar-refractivity contribution in [3.8, 4) is 11.5 Å². The smallest absolute Gasteiger partial charge is 0.419 e. The minimum absolute atomic E-state index is 0.114. The molecule has 0 aliphatic heterocycles. The lowest BCUT2D eigenvalue weighted by Gasteiger charge is -2.17. The normalized spacial score (nSPS) is 11.3. The van der Waals surface area contributed by atoms with Crippen molar-refractivity contribution in [3.05, 3.63) is 63.0 Å². The van der Waals surface area contributed by atoms with Gasteiger partial charge >= 0.3 is 11.9 Å². The Morgan fingerprint density at radius 3 is 2.44 bits per heavy atom. The van der Waals surface area contributed by atoms with E-state index in [-0.39, 0.29) is 12.8 Å². The van der Waals surface area contributed by atoms with E-state index in [0.29, 0.717) is 6.07 Å². The zero-order valence-corrected chi connectivity index (χ0v) is 14.0. The molecule has 2 N–H and O–H groups in total. The first kappa shape index (κ1) is 20.1. The molecule has 0 fully saturated rings. The Bertz CT molecular complexity index is 897. The molecule has 0 radical (unpaired) electrons. The van der Waals surface area contributed by atoms with Crippen molar-refractivity contribution in [1.82, 2.24) is 0 Å². The monoisotopic (exact) mass is 386 g/mol. The second kappa shape index (κ2) is 7.60. The molecule has 144 valence electrons. The van der Waals surface area contributed by atoms with Gasteiger partial charge in [-0.3, -0.25) is 14.9 Å². The van der Waals surface area contributed by atoms with Crippen LogP contribution >= 0.6 is 0 Å². The van der Waals surface area contributed by atoms with E-state index in [0.717, 1.165) is 18.2 Å². The molecule has 0 saturated carbocycles. The van der Waals surface area contributed by atoms with Crippen LogP contribution in [0.1, 0.15) is 34.8 Å². The number of para-hydroxylation sites is 1. The topological polar surface area (TPSA) is 95.5 Å². The molecule has 2 aromatic rings. The molecule has 0 unspecified atom stereocenters. The van der Waals surface area contributed by atoms with Gasteiger partial charge in [-0.2, -0.15) is 13.2 Å². The number of benzene rings is 2. The first-order valence-corrected chi connectivity index (χ1v) is 7.71. The van der Waals surface area contributed by atoms with Crippen LogP contribution in [0, 0.1) is 15.9 Å². The molecule has 2 rings (SSSR count). The standard InChI is InChI=1S/C17H14F4N2O4/c1-2-5-9-14(18)10(16(22)24)8-12(23(25)26)15(9)27-13-7-4-3-6-11(13)17(19,20)21/h3-4,6-8H,2,5H2,1H3,(H2,22,24). The highest BCUT2D eigenvalue weighted by Gasteiger charge is 2.36. The number of hydrogen-bond donors (Lipinski definition) is 1. The molecule has 0 bridgehead atoms. The van der Waals surface area contributed by atoms with Crippen LogP contribution < -0.4 is 10.5 Å². The summed E-state index contributed by atoms with van der Waals surface area (Å²) in [4.78, 5) is 21.8. The summed E-state index contributed by atoms with van der Waals surface area (Å²) in [6.45, 7) is 1.62. The summed E-state index contributed by atoms with van der Waals surface area (Å²) in [5.41, 5.74) is 1.88. The van der Waals surface area contributed by atoms with Crippen LogP contribution in [0.5, 0.6) is 11.5 Å². The van der Waals surface area contributed by atoms with Crippen molar-refractivity contribution in [2.24, 2.45) is 5.73 Å². The maximum Gasteiger partial charge on any atom is 0.419 e. The van der Waals surface area contributed by atoms with Crippen molar-refractivity contribution in [3.63, 3.8) is 0 Å². The number of amides is 1. The van der Waals surface area contributed by atoms with E-state index in [1.807, 2.05) is 0 Å². The van der Waals surface area contributed by atoms with E-state index in [1.54, 1.807) is 6.92 Å². The summed E-state index contributed by atoms with van der Waals surface area (Å²) in [6, 6.07) is 4.61. The lowest BCUT2D eigenvalue weighted by molar-refractivity contribution is -0.385. The molecule has 0 atom stereocenters. The summed E-state index contributed by atoms with van der Waals surface area (Å²) < 4.78 is 59.3. The van der Waals surface area contributed by atoms with E-state index < -0.39 is 56.7 Å². The number of carbonyl (C=O) groups excluding carboxylic acids is 1. The van der Waals surface area contributed by atoms with Crippen molar-refractivity contribution >= 4 is 11.6 Å². The van der Waals surface area contributed by atoms with Gasteiger partial charge in [-0.05, 0) is 18.6 Å². The van der Waals surface area contributed by atoms with E-state index in [1.165, 1.54) is 6.07 Å². The molecule has 0 aromatic heterocycles. The lowest BCUT2D eigenvalue weighted by atomic mass is 10.0. The Labute approximate surface area is 150 Å². The Hall–Kier alpha value is -3.17. The van der Waals surface area contributed by atoms with Gasteiger partial charge in [0.05, 0.1) is 16.1 Å². The van der Waals surface area contributed by atoms with Crippen LogP contribution in [0.15, 0.2) is 30.3 Å². The van der Waals surface area contributed by atoms with Crippen LogP contribution in [-0.4, -0.2) is 10.8 Å². The van der Waals surface area contributed by atoms with Gasteiger partial charge in [0.2, 0.25) is 5.75 Å². The molecular formula is C17H14F4N2O4. The van der Waals surface area contributed by atoms with E-state index >= 15 is 0 Å². The first-order valence-electron chi connectivity index (χ1n) is 7.71. The first-order chi connectivity index (χ1) is 12.6. The summed E-state index contributed by atoms with van der Waals surface area (Å²) in [7, 11) is 0. The molecule has 10 heteroatoms. The minimum atomic E-state index is -4.79. The fraction of sp³-hybridized carbons (Fsp3) is 0.235. The highest BCUT2D eigenvalue weighted by molar-refractivity contribution is 5.94. The van der Waals surface area contributed by atoms with E-state index in [2.05, 4.69) is 0 Å². The Balaban J connectivity index is 2.75. The number of hydrogen-bond acceptors (Lipinski definition) is 4. The van der Waals surface area contributed by atoms with Crippen molar-refractivity contribution in [1.29, 1.82) is 0 Å². The number of primary amides is 1. The van der Waals surface area contributed by atoms with Gasteiger partial charge in [-0.15, -0.1) is 0 Å². The highest BCUT2D eigenvalue weighted by Crippen LogP contribution is 2.43.